The summed E-state index contributed by atoms with van der Waals surface area (Å²) in [6.45, 7) is 0. The number of ether oxygens (including phenoxy) is 1. The van der Waals surface area contributed by atoms with Crippen LogP contribution in [-0.4, -0.2) is 21.7 Å². The minimum Gasteiger partial charge on any atom is -0.495 e. The highest BCUT2D eigenvalue weighted by Gasteiger charge is 2.15. The summed E-state index contributed by atoms with van der Waals surface area (Å²) in [5.41, 5.74) is 1.49. The molecule has 8 heteroatoms. The van der Waals surface area contributed by atoms with Crippen LogP contribution in [0.3, 0.4) is 0 Å². The van der Waals surface area contributed by atoms with Crippen LogP contribution in [0.4, 0.5) is 0 Å². The number of fused-ring (bicyclic) bond motifs is 2. The molecule has 0 unspecified atom stereocenters. The second-order valence-corrected chi connectivity index (χ2v) is 6.97. The van der Waals surface area contributed by atoms with E-state index in [4.69, 9.17) is 20.8 Å². The average molecular weight is 385 g/mol. The third-order valence-electron chi connectivity index (χ3n) is 3.10. The Labute approximate surface area is 136 Å². The largest absolute Gasteiger partial charge is 0.495 e. The number of hydrogen-bond acceptors (Lipinski definition) is 5. The van der Waals surface area contributed by atoms with Crippen molar-refractivity contribution in [3.8, 4) is 17.2 Å². The molecule has 4 aromatic rings. The maximum Gasteiger partial charge on any atom is 0.213 e. The van der Waals surface area contributed by atoms with Crippen LogP contribution in [0.5, 0.6) is 5.75 Å². The van der Waals surface area contributed by atoms with Crippen LogP contribution in [0.2, 0.25) is 5.02 Å². The summed E-state index contributed by atoms with van der Waals surface area (Å²) in [7, 11) is 1.57. The maximum absolute atomic E-state index is 6.13. The smallest absolute Gasteiger partial charge is 0.213 e. The monoisotopic (exact) mass is 383 g/mol. The molecule has 0 atom stereocenters. The van der Waals surface area contributed by atoms with E-state index in [9.17, 15) is 0 Å². The second-order valence-electron chi connectivity index (χ2n) is 4.33. The van der Waals surface area contributed by atoms with Crippen molar-refractivity contribution >= 4 is 54.8 Å². The zero-order valence-corrected chi connectivity index (χ0v) is 13.8. The lowest BCUT2D eigenvalue weighted by Gasteiger charge is -2.00. The molecular formula is C13H7BrClN3O2S. The van der Waals surface area contributed by atoms with Gasteiger partial charge in [-0.05, 0) is 28.1 Å². The standard InChI is InChI=1S/C13H7BrClN3O2S/c1-19-10-4-9-6(2-7(10)15)3-11(20-9)8-5-16-13-18(8)17-12(14)21-13/h2-5H,1H3. The third kappa shape index (κ3) is 2.04. The molecule has 0 N–H and O–H groups in total. The van der Waals surface area contributed by atoms with Crippen LogP contribution in [0, 0.1) is 0 Å². The lowest BCUT2D eigenvalue weighted by molar-refractivity contribution is 0.415. The Hall–Kier alpha value is -1.57. The number of rotatable bonds is 2. The van der Waals surface area contributed by atoms with Gasteiger partial charge in [0.05, 0.1) is 18.3 Å². The first kappa shape index (κ1) is 13.1. The minimum atomic E-state index is 0.548. The summed E-state index contributed by atoms with van der Waals surface area (Å²) >= 11 is 10.9. The molecule has 0 saturated heterocycles. The number of imidazole rings is 1. The van der Waals surface area contributed by atoms with Gasteiger partial charge in [0, 0.05) is 11.5 Å². The summed E-state index contributed by atoms with van der Waals surface area (Å²) in [5, 5.41) is 5.80. The van der Waals surface area contributed by atoms with Crippen molar-refractivity contribution in [3.63, 3.8) is 0 Å². The van der Waals surface area contributed by atoms with Gasteiger partial charge >= 0.3 is 0 Å². The summed E-state index contributed by atoms with van der Waals surface area (Å²) < 4.78 is 13.6. The Bertz CT molecular complexity index is 975. The molecule has 0 aliphatic rings. The molecule has 0 bridgehead atoms. The molecule has 3 aromatic heterocycles. The highest BCUT2D eigenvalue weighted by atomic mass is 79.9. The summed E-state index contributed by atoms with van der Waals surface area (Å²) in [6, 6.07) is 5.51. The molecule has 0 spiro atoms. The molecule has 0 aliphatic heterocycles. The molecule has 106 valence electrons. The van der Waals surface area contributed by atoms with Crippen molar-refractivity contribution in [1.82, 2.24) is 14.6 Å². The molecule has 0 amide bonds. The van der Waals surface area contributed by atoms with Gasteiger partial charge in [0.15, 0.2) is 9.68 Å². The third-order valence-corrected chi connectivity index (χ3v) is 4.75. The van der Waals surface area contributed by atoms with E-state index < -0.39 is 0 Å². The summed E-state index contributed by atoms with van der Waals surface area (Å²) in [5.74, 6) is 1.26. The van der Waals surface area contributed by atoms with Gasteiger partial charge in [-0.1, -0.05) is 22.9 Å². The Balaban J connectivity index is 1.93. The maximum atomic E-state index is 6.13. The van der Waals surface area contributed by atoms with Gasteiger partial charge in [-0.15, -0.1) is 5.10 Å². The lowest BCUT2D eigenvalue weighted by Crippen LogP contribution is -1.85. The average Bonchev–Trinajstić information content (AvgIpc) is 3.10. The molecule has 21 heavy (non-hydrogen) atoms. The van der Waals surface area contributed by atoms with Gasteiger partial charge in [0.2, 0.25) is 4.96 Å². The Morgan fingerprint density at radius 2 is 2.24 bits per heavy atom. The SMILES string of the molecule is COc1cc2oc(-c3cnc4sc(Br)nn34)cc2cc1Cl. The van der Waals surface area contributed by atoms with E-state index >= 15 is 0 Å². The highest BCUT2D eigenvalue weighted by Crippen LogP contribution is 2.35. The summed E-state index contributed by atoms with van der Waals surface area (Å²) in [6.07, 6.45) is 1.74. The number of nitrogens with zero attached hydrogens (tertiary/aromatic N) is 3. The van der Waals surface area contributed by atoms with Gasteiger partial charge < -0.3 is 9.15 Å². The fourth-order valence-corrected chi connectivity index (χ4v) is 3.61. The molecule has 0 aliphatic carbocycles. The van der Waals surface area contributed by atoms with Crippen LogP contribution in [0.15, 0.2) is 32.7 Å². The number of methoxy groups -OCH3 is 1. The van der Waals surface area contributed by atoms with E-state index in [0.29, 0.717) is 22.1 Å². The van der Waals surface area contributed by atoms with Crippen LogP contribution < -0.4 is 4.74 Å². The van der Waals surface area contributed by atoms with E-state index in [-0.39, 0.29) is 0 Å². The zero-order valence-electron chi connectivity index (χ0n) is 10.6. The number of halogens is 2. The highest BCUT2D eigenvalue weighted by molar-refractivity contribution is 9.11. The topological polar surface area (TPSA) is 52.6 Å². The van der Waals surface area contributed by atoms with Crippen LogP contribution in [0.25, 0.3) is 27.4 Å². The van der Waals surface area contributed by atoms with Crippen LogP contribution in [-0.2, 0) is 0 Å². The molecule has 3 heterocycles. The molecule has 0 fully saturated rings. The van der Waals surface area contributed by atoms with Gasteiger partial charge in [-0.25, -0.2) is 4.98 Å². The second kappa shape index (κ2) is 4.72. The Morgan fingerprint density at radius 1 is 1.38 bits per heavy atom. The molecule has 4 rings (SSSR count). The first-order chi connectivity index (χ1) is 10.2. The van der Waals surface area contributed by atoms with Crippen molar-refractivity contribution < 1.29 is 9.15 Å². The van der Waals surface area contributed by atoms with Crippen molar-refractivity contribution in [2.45, 2.75) is 0 Å². The molecule has 0 radical (unpaired) electrons. The van der Waals surface area contributed by atoms with Crippen molar-refractivity contribution in [2.75, 3.05) is 7.11 Å². The molecule has 0 saturated carbocycles. The Kier molecular flexibility index (Phi) is 2.95. The van der Waals surface area contributed by atoms with Crippen LogP contribution >= 0.6 is 38.9 Å². The molecule has 5 nitrogen and oxygen atoms in total. The Morgan fingerprint density at radius 3 is 3.05 bits per heavy atom. The van der Waals surface area contributed by atoms with Gasteiger partial charge in [-0.2, -0.15) is 4.52 Å². The minimum absolute atomic E-state index is 0.548. The van der Waals surface area contributed by atoms with Crippen molar-refractivity contribution in [3.05, 3.63) is 33.3 Å². The van der Waals surface area contributed by atoms with Gasteiger partial charge in [0.25, 0.3) is 0 Å². The van der Waals surface area contributed by atoms with Crippen molar-refractivity contribution in [1.29, 1.82) is 0 Å². The fourth-order valence-electron chi connectivity index (χ4n) is 2.16. The number of aromatic nitrogens is 3. The van der Waals surface area contributed by atoms with E-state index in [0.717, 1.165) is 20.0 Å². The summed E-state index contributed by atoms with van der Waals surface area (Å²) in [4.78, 5) is 5.11. The first-order valence-electron chi connectivity index (χ1n) is 5.93. The van der Waals surface area contributed by atoms with E-state index in [1.807, 2.05) is 12.1 Å². The zero-order chi connectivity index (χ0) is 14.6. The quantitative estimate of drug-likeness (QED) is 0.506. The van der Waals surface area contributed by atoms with E-state index in [1.54, 1.807) is 23.9 Å². The van der Waals surface area contributed by atoms with E-state index in [2.05, 4.69) is 26.0 Å². The van der Waals surface area contributed by atoms with Gasteiger partial charge in [-0.3, -0.25) is 0 Å². The predicted octanol–water partition coefficient (Wildman–Crippen LogP) is 4.63. The molecule has 1 aromatic carbocycles. The van der Waals surface area contributed by atoms with E-state index in [1.165, 1.54) is 11.3 Å². The van der Waals surface area contributed by atoms with Gasteiger partial charge in [0.1, 0.15) is 17.0 Å². The van der Waals surface area contributed by atoms with Crippen LogP contribution in [0.1, 0.15) is 0 Å². The van der Waals surface area contributed by atoms with Crippen molar-refractivity contribution in [2.24, 2.45) is 0 Å². The fraction of sp³-hybridized carbons (Fsp3) is 0.0769. The molecular weight excluding hydrogens is 378 g/mol. The lowest BCUT2D eigenvalue weighted by atomic mass is 10.2. The number of hydrogen-bond donors (Lipinski definition) is 0. The number of furan rings is 1. The first-order valence-corrected chi connectivity index (χ1v) is 7.92. The normalized spacial score (nSPS) is 11.6. The predicted molar refractivity (Wildman–Crippen MR) is 85.3 cm³/mol. The number of benzene rings is 1.